The summed E-state index contributed by atoms with van der Waals surface area (Å²) >= 11 is 0. The summed E-state index contributed by atoms with van der Waals surface area (Å²) in [5.74, 6) is 0. The summed E-state index contributed by atoms with van der Waals surface area (Å²) in [6.45, 7) is 1.70. The third-order valence-corrected chi connectivity index (χ3v) is 4.50. The van der Waals surface area contributed by atoms with Crippen molar-refractivity contribution >= 4 is 15.7 Å². The van der Waals surface area contributed by atoms with E-state index in [0.717, 1.165) is 5.56 Å². The quantitative estimate of drug-likeness (QED) is 0.863. The monoisotopic (exact) mass is 314 g/mol. The predicted molar refractivity (Wildman–Crippen MR) is 89.4 cm³/mol. The van der Waals surface area contributed by atoms with Crippen molar-refractivity contribution < 1.29 is 8.42 Å². The minimum absolute atomic E-state index is 0.234. The highest BCUT2D eigenvalue weighted by Gasteiger charge is 2.13. The lowest BCUT2D eigenvalue weighted by Gasteiger charge is -2.09. The largest absolute Gasteiger partial charge is 0.288 e. The van der Waals surface area contributed by atoms with Crippen molar-refractivity contribution in [2.75, 3.05) is 7.05 Å². The van der Waals surface area contributed by atoms with Crippen LogP contribution in [0.5, 0.6) is 0 Å². The van der Waals surface area contributed by atoms with Crippen LogP contribution in [0.3, 0.4) is 0 Å². The maximum atomic E-state index is 12.3. The van der Waals surface area contributed by atoms with Crippen molar-refractivity contribution in [1.29, 1.82) is 0 Å². The first-order chi connectivity index (χ1) is 10.5. The smallest absolute Gasteiger partial charge is 0.261 e. The second-order valence-corrected chi connectivity index (χ2v) is 6.40. The van der Waals surface area contributed by atoms with Gasteiger partial charge in [-0.15, -0.1) is 0 Å². The van der Waals surface area contributed by atoms with Crippen molar-refractivity contribution in [3.63, 3.8) is 0 Å². The Balaban J connectivity index is 2.23. The van der Waals surface area contributed by atoms with Gasteiger partial charge in [-0.3, -0.25) is 9.71 Å². The molecule has 2 rings (SSSR count). The number of benzene rings is 2. The number of nitrogens with one attached hydrogen (secondary N) is 1. The molecule has 0 fully saturated rings. The zero-order valence-corrected chi connectivity index (χ0v) is 13.3. The Bertz CT molecular complexity index is 780. The Kier molecular flexibility index (Phi) is 5.12. The highest BCUT2D eigenvalue weighted by atomic mass is 32.2. The van der Waals surface area contributed by atoms with E-state index in [0.29, 0.717) is 11.4 Å². The molecular weight excluding hydrogens is 296 g/mol. The van der Waals surface area contributed by atoms with E-state index in [2.05, 4.69) is 9.71 Å². The Labute approximate surface area is 131 Å². The van der Waals surface area contributed by atoms with E-state index in [9.17, 15) is 8.42 Å². The lowest BCUT2D eigenvalue weighted by Crippen LogP contribution is -2.22. The standard InChI is InChI=1S/C17H18N2O2S/c1-14(13-17(18-2)15-9-5-3-6-10-15)19-22(20,21)16-11-7-4-8-12-16/h3-13,19H,1-2H3/b14-13+,18-17?. The van der Waals surface area contributed by atoms with Crippen LogP contribution in [0.4, 0.5) is 0 Å². The van der Waals surface area contributed by atoms with Crippen molar-refractivity contribution in [3.05, 3.63) is 78.0 Å². The van der Waals surface area contributed by atoms with Gasteiger partial charge in [-0.05, 0) is 30.7 Å². The maximum absolute atomic E-state index is 12.3. The Morgan fingerprint density at radius 2 is 1.55 bits per heavy atom. The van der Waals surface area contributed by atoms with E-state index in [4.69, 9.17) is 0 Å². The van der Waals surface area contributed by atoms with Crippen LogP contribution in [-0.2, 0) is 10.0 Å². The van der Waals surface area contributed by atoms with E-state index in [-0.39, 0.29) is 4.90 Å². The third-order valence-electron chi connectivity index (χ3n) is 3.01. The summed E-state index contributed by atoms with van der Waals surface area (Å²) in [7, 11) is -1.89. The highest BCUT2D eigenvalue weighted by molar-refractivity contribution is 7.89. The van der Waals surface area contributed by atoms with Gasteiger partial charge >= 0.3 is 0 Å². The van der Waals surface area contributed by atoms with Gasteiger partial charge in [0.1, 0.15) is 0 Å². The van der Waals surface area contributed by atoms with E-state index < -0.39 is 10.0 Å². The fraction of sp³-hybridized carbons (Fsp3) is 0.118. The summed E-state index contributed by atoms with van der Waals surface area (Å²) in [5, 5.41) is 0. The summed E-state index contributed by atoms with van der Waals surface area (Å²) in [6.07, 6.45) is 1.72. The SMILES string of the molecule is CN=C(/C=C(\C)NS(=O)(=O)c1ccccc1)c1ccccc1. The molecule has 0 bridgehead atoms. The number of aliphatic imine (C=N–C) groups is 1. The van der Waals surface area contributed by atoms with Crippen molar-refractivity contribution in [1.82, 2.24) is 4.72 Å². The molecule has 0 aliphatic heterocycles. The predicted octanol–water partition coefficient (Wildman–Crippen LogP) is 2.99. The topological polar surface area (TPSA) is 58.5 Å². The summed E-state index contributed by atoms with van der Waals surface area (Å²) in [6, 6.07) is 17.9. The molecule has 22 heavy (non-hydrogen) atoms. The van der Waals surface area contributed by atoms with Crippen LogP contribution >= 0.6 is 0 Å². The second-order valence-electron chi connectivity index (χ2n) is 4.72. The lowest BCUT2D eigenvalue weighted by molar-refractivity contribution is 0.588. The minimum Gasteiger partial charge on any atom is -0.288 e. The molecule has 0 radical (unpaired) electrons. The minimum atomic E-state index is -3.57. The molecule has 0 aliphatic rings. The van der Waals surface area contributed by atoms with Gasteiger partial charge in [-0.25, -0.2) is 8.42 Å². The van der Waals surface area contributed by atoms with Crippen LogP contribution in [0, 0.1) is 0 Å². The molecule has 0 saturated carbocycles. The molecule has 0 atom stereocenters. The van der Waals surface area contributed by atoms with Crippen LogP contribution < -0.4 is 4.72 Å². The van der Waals surface area contributed by atoms with Crippen LogP contribution in [0.25, 0.3) is 0 Å². The van der Waals surface area contributed by atoms with E-state index in [1.807, 2.05) is 30.3 Å². The number of nitrogens with zero attached hydrogens (tertiary/aromatic N) is 1. The molecule has 5 heteroatoms. The van der Waals surface area contributed by atoms with Gasteiger partial charge in [-0.2, -0.15) is 0 Å². The average molecular weight is 314 g/mol. The van der Waals surface area contributed by atoms with Gasteiger partial charge in [-0.1, -0.05) is 48.5 Å². The first kappa shape index (κ1) is 16.0. The molecule has 0 spiro atoms. The first-order valence-corrected chi connectivity index (χ1v) is 8.29. The van der Waals surface area contributed by atoms with Gasteiger partial charge in [0.25, 0.3) is 10.0 Å². The first-order valence-electron chi connectivity index (χ1n) is 6.81. The normalized spacial score (nSPS) is 13.0. The number of allylic oxidation sites excluding steroid dienone is 2. The summed E-state index contributed by atoms with van der Waals surface area (Å²) < 4.78 is 27.1. The molecular formula is C17H18N2O2S. The van der Waals surface area contributed by atoms with Gasteiger partial charge in [0, 0.05) is 12.7 Å². The molecule has 0 unspecified atom stereocenters. The van der Waals surface area contributed by atoms with Crippen LogP contribution in [0.1, 0.15) is 12.5 Å². The van der Waals surface area contributed by atoms with E-state index in [1.54, 1.807) is 50.4 Å². The fourth-order valence-corrected chi connectivity index (χ4v) is 3.11. The van der Waals surface area contributed by atoms with Crippen LogP contribution in [0.15, 0.2) is 82.3 Å². The highest BCUT2D eigenvalue weighted by Crippen LogP contribution is 2.10. The molecule has 0 amide bonds. The molecule has 0 heterocycles. The molecule has 0 saturated heterocycles. The van der Waals surface area contributed by atoms with Crippen molar-refractivity contribution in [3.8, 4) is 0 Å². The summed E-state index contributed by atoms with van der Waals surface area (Å²) in [4.78, 5) is 4.44. The molecule has 114 valence electrons. The zero-order chi connectivity index (χ0) is 16.0. The molecule has 4 nitrogen and oxygen atoms in total. The molecule has 0 aliphatic carbocycles. The average Bonchev–Trinajstić information content (AvgIpc) is 2.54. The van der Waals surface area contributed by atoms with Crippen molar-refractivity contribution in [2.24, 2.45) is 4.99 Å². The third kappa shape index (κ3) is 4.05. The second kappa shape index (κ2) is 7.04. The van der Waals surface area contributed by atoms with Crippen LogP contribution in [-0.4, -0.2) is 21.2 Å². The Morgan fingerprint density at radius 3 is 2.09 bits per heavy atom. The van der Waals surface area contributed by atoms with Gasteiger partial charge < -0.3 is 0 Å². The number of sulfonamides is 1. The molecule has 1 N–H and O–H groups in total. The van der Waals surface area contributed by atoms with Crippen LogP contribution in [0.2, 0.25) is 0 Å². The van der Waals surface area contributed by atoms with Crippen molar-refractivity contribution in [2.45, 2.75) is 11.8 Å². The van der Waals surface area contributed by atoms with E-state index >= 15 is 0 Å². The maximum Gasteiger partial charge on any atom is 0.261 e. The molecule has 2 aromatic carbocycles. The number of hydrogen-bond acceptors (Lipinski definition) is 3. The Hall–Kier alpha value is -2.40. The molecule has 2 aromatic rings. The van der Waals surface area contributed by atoms with Gasteiger partial charge in [0.05, 0.1) is 10.6 Å². The van der Waals surface area contributed by atoms with E-state index in [1.165, 1.54) is 0 Å². The summed E-state index contributed by atoms with van der Waals surface area (Å²) in [5.41, 5.74) is 2.16. The number of rotatable bonds is 5. The zero-order valence-electron chi connectivity index (χ0n) is 12.5. The Morgan fingerprint density at radius 1 is 1.00 bits per heavy atom. The fourth-order valence-electron chi connectivity index (χ4n) is 1.99. The number of hydrogen-bond donors (Lipinski definition) is 1. The van der Waals surface area contributed by atoms with Gasteiger partial charge in [0.15, 0.2) is 0 Å². The van der Waals surface area contributed by atoms with Gasteiger partial charge in [0.2, 0.25) is 0 Å². The molecule has 0 aromatic heterocycles. The lowest BCUT2D eigenvalue weighted by atomic mass is 10.1.